The van der Waals surface area contributed by atoms with Crippen LogP contribution in [0.2, 0.25) is 0 Å². The molecule has 1 fully saturated rings. The molecule has 124 valence electrons. The standard InChI is InChI=1S/C17H18N4O3/c18-10-13-9-12(11-23-13)16(22)20-5-7-21(8-6-20)17-19-14-3-1-2-4-15(14)24-17/h1-4,9,11H,5-8,10,18H2. The van der Waals surface area contributed by atoms with Gasteiger partial charge in [0.2, 0.25) is 0 Å². The van der Waals surface area contributed by atoms with Gasteiger partial charge in [-0.3, -0.25) is 4.79 Å². The summed E-state index contributed by atoms with van der Waals surface area (Å²) in [6.45, 7) is 2.88. The quantitative estimate of drug-likeness (QED) is 0.790. The minimum Gasteiger partial charge on any atom is -0.467 e. The topological polar surface area (TPSA) is 88.7 Å². The Morgan fingerprint density at radius 3 is 2.71 bits per heavy atom. The van der Waals surface area contributed by atoms with E-state index in [9.17, 15) is 4.79 Å². The van der Waals surface area contributed by atoms with E-state index in [4.69, 9.17) is 14.6 Å². The molecule has 0 aliphatic carbocycles. The SMILES string of the molecule is NCc1cc(C(=O)N2CCN(c3nc4ccccc4o3)CC2)co1. The fourth-order valence-corrected chi connectivity index (χ4v) is 2.88. The number of anilines is 1. The van der Waals surface area contributed by atoms with Crippen molar-refractivity contribution >= 4 is 23.0 Å². The van der Waals surface area contributed by atoms with E-state index in [2.05, 4.69) is 9.88 Å². The molecule has 2 N–H and O–H groups in total. The van der Waals surface area contributed by atoms with E-state index in [1.165, 1.54) is 6.26 Å². The highest BCUT2D eigenvalue weighted by molar-refractivity contribution is 5.94. The van der Waals surface area contributed by atoms with Crippen LogP contribution in [0.1, 0.15) is 16.1 Å². The Morgan fingerprint density at radius 1 is 1.21 bits per heavy atom. The number of oxazole rings is 1. The number of rotatable bonds is 3. The second-order valence-corrected chi connectivity index (χ2v) is 5.75. The molecule has 0 radical (unpaired) electrons. The third-order valence-corrected chi connectivity index (χ3v) is 4.22. The molecule has 0 unspecified atom stereocenters. The van der Waals surface area contributed by atoms with Gasteiger partial charge in [0, 0.05) is 26.2 Å². The lowest BCUT2D eigenvalue weighted by atomic mass is 10.2. The maximum atomic E-state index is 12.5. The lowest BCUT2D eigenvalue weighted by Gasteiger charge is -2.33. The number of hydrogen-bond acceptors (Lipinski definition) is 6. The van der Waals surface area contributed by atoms with E-state index in [1.54, 1.807) is 6.07 Å². The molecule has 3 heterocycles. The molecule has 24 heavy (non-hydrogen) atoms. The van der Waals surface area contributed by atoms with Gasteiger partial charge in [0.05, 0.1) is 12.1 Å². The van der Waals surface area contributed by atoms with Crippen LogP contribution in [0, 0.1) is 0 Å². The van der Waals surface area contributed by atoms with Crippen LogP contribution in [0.3, 0.4) is 0 Å². The van der Waals surface area contributed by atoms with E-state index in [1.807, 2.05) is 29.2 Å². The van der Waals surface area contributed by atoms with Gasteiger partial charge < -0.3 is 24.4 Å². The van der Waals surface area contributed by atoms with Gasteiger partial charge in [-0.25, -0.2) is 0 Å². The maximum Gasteiger partial charge on any atom is 0.298 e. The Balaban J connectivity index is 1.43. The molecule has 1 amide bonds. The van der Waals surface area contributed by atoms with Gasteiger partial charge in [-0.1, -0.05) is 12.1 Å². The van der Waals surface area contributed by atoms with Crippen LogP contribution in [0.15, 0.2) is 45.4 Å². The molecule has 1 aromatic carbocycles. The number of carbonyl (C=O) groups is 1. The monoisotopic (exact) mass is 326 g/mol. The van der Waals surface area contributed by atoms with Crippen molar-refractivity contribution < 1.29 is 13.6 Å². The third-order valence-electron chi connectivity index (χ3n) is 4.22. The number of para-hydroxylation sites is 2. The minimum absolute atomic E-state index is 0.0318. The summed E-state index contributed by atoms with van der Waals surface area (Å²) in [4.78, 5) is 20.9. The number of piperazine rings is 1. The van der Waals surface area contributed by atoms with Crippen LogP contribution >= 0.6 is 0 Å². The largest absolute Gasteiger partial charge is 0.467 e. The Hall–Kier alpha value is -2.80. The smallest absolute Gasteiger partial charge is 0.298 e. The van der Waals surface area contributed by atoms with Crippen molar-refractivity contribution in [1.29, 1.82) is 0 Å². The fraction of sp³-hybridized carbons (Fsp3) is 0.294. The zero-order chi connectivity index (χ0) is 16.5. The molecule has 0 spiro atoms. The lowest BCUT2D eigenvalue weighted by molar-refractivity contribution is 0.0744. The Bertz CT molecular complexity index is 828. The first-order valence-corrected chi connectivity index (χ1v) is 7.92. The molecule has 7 heteroatoms. The number of fused-ring (bicyclic) bond motifs is 1. The first-order chi connectivity index (χ1) is 11.7. The number of carbonyl (C=O) groups excluding carboxylic acids is 1. The third kappa shape index (κ3) is 2.63. The van der Waals surface area contributed by atoms with Crippen LogP contribution in [-0.4, -0.2) is 42.0 Å². The van der Waals surface area contributed by atoms with Gasteiger partial charge >= 0.3 is 0 Å². The second kappa shape index (κ2) is 6.01. The van der Waals surface area contributed by atoms with Gasteiger partial charge in [0.25, 0.3) is 11.9 Å². The maximum absolute atomic E-state index is 12.5. The highest BCUT2D eigenvalue weighted by Crippen LogP contribution is 2.23. The molecular formula is C17H18N4O3. The summed E-state index contributed by atoms with van der Waals surface area (Å²) < 4.78 is 11.0. The van der Waals surface area contributed by atoms with E-state index in [-0.39, 0.29) is 5.91 Å². The normalized spacial score (nSPS) is 15.2. The molecule has 1 aliphatic heterocycles. The van der Waals surface area contributed by atoms with Gasteiger partial charge in [0.1, 0.15) is 17.5 Å². The molecule has 7 nitrogen and oxygen atoms in total. The molecule has 3 aromatic rings. The number of hydrogen-bond donors (Lipinski definition) is 1. The Kier molecular flexibility index (Phi) is 3.70. The van der Waals surface area contributed by atoms with Gasteiger partial charge in [-0.15, -0.1) is 0 Å². The summed E-state index contributed by atoms with van der Waals surface area (Å²) in [6, 6.07) is 10.0. The van der Waals surface area contributed by atoms with Crippen LogP contribution in [0.25, 0.3) is 11.1 Å². The van der Waals surface area contributed by atoms with E-state index in [0.29, 0.717) is 50.1 Å². The fourth-order valence-electron chi connectivity index (χ4n) is 2.88. The molecule has 0 atom stereocenters. The summed E-state index contributed by atoms with van der Waals surface area (Å²) in [6.07, 6.45) is 1.47. The molecule has 1 aliphatic rings. The molecule has 0 saturated carbocycles. The highest BCUT2D eigenvalue weighted by Gasteiger charge is 2.25. The summed E-state index contributed by atoms with van der Waals surface area (Å²) in [7, 11) is 0. The predicted octanol–water partition coefficient (Wildman–Crippen LogP) is 1.84. The van der Waals surface area contributed by atoms with Gasteiger partial charge in [0.15, 0.2) is 5.58 Å². The number of nitrogens with two attached hydrogens (primary N) is 1. The zero-order valence-electron chi connectivity index (χ0n) is 13.1. The average Bonchev–Trinajstić information content (AvgIpc) is 3.28. The van der Waals surface area contributed by atoms with Crippen molar-refractivity contribution in [3.05, 3.63) is 47.9 Å². The van der Waals surface area contributed by atoms with Crippen molar-refractivity contribution in [2.75, 3.05) is 31.1 Å². The van der Waals surface area contributed by atoms with Crippen molar-refractivity contribution in [1.82, 2.24) is 9.88 Å². The zero-order valence-corrected chi connectivity index (χ0v) is 13.1. The lowest BCUT2D eigenvalue weighted by Crippen LogP contribution is -2.48. The number of aromatic nitrogens is 1. The van der Waals surface area contributed by atoms with Crippen LogP contribution in [0.4, 0.5) is 6.01 Å². The van der Waals surface area contributed by atoms with Crippen LogP contribution in [-0.2, 0) is 6.54 Å². The summed E-state index contributed by atoms with van der Waals surface area (Å²) in [5.41, 5.74) is 7.68. The molecule has 0 bridgehead atoms. The number of amides is 1. The van der Waals surface area contributed by atoms with Crippen molar-refractivity contribution in [3.8, 4) is 0 Å². The second-order valence-electron chi connectivity index (χ2n) is 5.75. The molecule has 2 aromatic heterocycles. The molecular weight excluding hydrogens is 308 g/mol. The van der Waals surface area contributed by atoms with E-state index in [0.717, 1.165) is 11.1 Å². The number of nitrogens with zero attached hydrogens (tertiary/aromatic N) is 3. The summed E-state index contributed by atoms with van der Waals surface area (Å²) in [5, 5.41) is 0. The highest BCUT2D eigenvalue weighted by atomic mass is 16.4. The van der Waals surface area contributed by atoms with Crippen LogP contribution in [0.5, 0.6) is 0 Å². The summed E-state index contributed by atoms with van der Waals surface area (Å²) >= 11 is 0. The Labute approximate surface area is 138 Å². The number of benzene rings is 1. The Morgan fingerprint density at radius 2 is 2.00 bits per heavy atom. The summed E-state index contributed by atoms with van der Waals surface area (Å²) in [5.74, 6) is 0.583. The van der Waals surface area contributed by atoms with E-state index < -0.39 is 0 Å². The minimum atomic E-state index is -0.0318. The predicted molar refractivity (Wildman–Crippen MR) is 88.7 cm³/mol. The van der Waals surface area contributed by atoms with Crippen molar-refractivity contribution in [3.63, 3.8) is 0 Å². The van der Waals surface area contributed by atoms with E-state index >= 15 is 0 Å². The average molecular weight is 326 g/mol. The van der Waals surface area contributed by atoms with Crippen LogP contribution < -0.4 is 10.6 Å². The van der Waals surface area contributed by atoms with Crippen molar-refractivity contribution in [2.24, 2.45) is 5.73 Å². The molecule has 4 rings (SSSR count). The van der Waals surface area contributed by atoms with Gasteiger partial charge in [-0.05, 0) is 18.2 Å². The van der Waals surface area contributed by atoms with Crippen molar-refractivity contribution in [2.45, 2.75) is 6.54 Å². The van der Waals surface area contributed by atoms with Gasteiger partial charge in [-0.2, -0.15) is 4.98 Å². The first kappa shape index (κ1) is 14.8. The molecule has 1 saturated heterocycles. The first-order valence-electron chi connectivity index (χ1n) is 7.92. The number of furan rings is 1.